The molecule has 162 valence electrons. The summed E-state index contributed by atoms with van der Waals surface area (Å²) in [7, 11) is 1.60. The van der Waals surface area contributed by atoms with Gasteiger partial charge in [0.05, 0.1) is 11.5 Å². The summed E-state index contributed by atoms with van der Waals surface area (Å²) < 4.78 is 12.1. The molecule has 1 aliphatic heterocycles. The number of amides is 2. The van der Waals surface area contributed by atoms with E-state index in [0.29, 0.717) is 31.9 Å². The van der Waals surface area contributed by atoms with Crippen molar-refractivity contribution in [3.05, 3.63) is 28.0 Å². The molecule has 1 saturated heterocycles. The topological polar surface area (TPSA) is 107 Å². The molecule has 3 heterocycles. The van der Waals surface area contributed by atoms with Crippen LogP contribution in [0.25, 0.3) is 11.1 Å². The maximum Gasteiger partial charge on any atom is 0.265 e. The summed E-state index contributed by atoms with van der Waals surface area (Å²) in [5.74, 6) is -0.509. The van der Waals surface area contributed by atoms with Crippen LogP contribution in [-0.2, 0) is 16.1 Å². The lowest BCUT2D eigenvalue weighted by atomic mass is 9.97. The molecule has 2 aliphatic rings. The van der Waals surface area contributed by atoms with E-state index in [1.54, 1.807) is 14.0 Å². The molecule has 2 amide bonds. The van der Waals surface area contributed by atoms with Gasteiger partial charge in [-0.15, -0.1) is 0 Å². The van der Waals surface area contributed by atoms with Crippen LogP contribution in [0.1, 0.15) is 48.2 Å². The Morgan fingerprint density at radius 3 is 2.83 bits per heavy atom. The van der Waals surface area contributed by atoms with E-state index < -0.39 is 5.91 Å². The largest absolute Gasteiger partial charge is 0.442 e. The molecular formula is C21H28N4O5. The first kappa shape index (κ1) is 20.7. The molecular weight excluding hydrogens is 388 g/mol. The van der Waals surface area contributed by atoms with E-state index in [9.17, 15) is 14.4 Å². The molecule has 1 aliphatic carbocycles. The van der Waals surface area contributed by atoms with Gasteiger partial charge in [-0.3, -0.25) is 23.9 Å². The summed E-state index contributed by atoms with van der Waals surface area (Å²) in [4.78, 5) is 45.5. The minimum absolute atomic E-state index is 0.100. The van der Waals surface area contributed by atoms with Crippen molar-refractivity contribution >= 4 is 22.9 Å². The number of rotatable bonds is 7. The molecule has 0 aromatic carbocycles. The third-order valence-electron chi connectivity index (χ3n) is 5.83. The Hall–Kier alpha value is -2.52. The lowest BCUT2D eigenvalue weighted by molar-refractivity contribution is -0.133. The zero-order chi connectivity index (χ0) is 21.3. The monoisotopic (exact) mass is 416 g/mol. The second-order valence-corrected chi connectivity index (χ2v) is 8.09. The first-order valence-corrected chi connectivity index (χ1v) is 10.6. The van der Waals surface area contributed by atoms with Crippen molar-refractivity contribution in [3.63, 3.8) is 0 Å². The summed E-state index contributed by atoms with van der Waals surface area (Å²) in [6.45, 7) is 4.04. The lowest BCUT2D eigenvalue weighted by Crippen LogP contribution is -2.47. The van der Waals surface area contributed by atoms with Gasteiger partial charge in [0, 0.05) is 32.8 Å². The fraction of sp³-hybridized carbons (Fsp3) is 0.619. The quantitative estimate of drug-likeness (QED) is 0.538. The molecule has 2 fully saturated rings. The number of aromatic nitrogens is 2. The van der Waals surface area contributed by atoms with Gasteiger partial charge in [0.2, 0.25) is 11.6 Å². The molecule has 2 aromatic heterocycles. The van der Waals surface area contributed by atoms with E-state index in [0.717, 1.165) is 32.2 Å². The summed E-state index contributed by atoms with van der Waals surface area (Å²) in [5, 5.41) is 3.39. The molecule has 1 unspecified atom stereocenters. The fourth-order valence-electron chi connectivity index (χ4n) is 4.09. The fourth-order valence-corrected chi connectivity index (χ4v) is 4.09. The van der Waals surface area contributed by atoms with Crippen LogP contribution in [0.3, 0.4) is 0 Å². The van der Waals surface area contributed by atoms with Crippen LogP contribution in [0.4, 0.5) is 0 Å². The van der Waals surface area contributed by atoms with Crippen LogP contribution < -0.4 is 10.9 Å². The zero-order valence-corrected chi connectivity index (χ0v) is 17.5. The zero-order valence-electron chi connectivity index (χ0n) is 17.5. The van der Waals surface area contributed by atoms with Crippen molar-refractivity contribution in [1.82, 2.24) is 19.8 Å². The van der Waals surface area contributed by atoms with Gasteiger partial charge in [-0.05, 0) is 45.6 Å². The van der Waals surface area contributed by atoms with Crippen molar-refractivity contribution in [3.8, 4) is 0 Å². The van der Waals surface area contributed by atoms with Crippen LogP contribution >= 0.6 is 0 Å². The Balaban J connectivity index is 1.70. The Labute approximate surface area is 174 Å². The van der Waals surface area contributed by atoms with Crippen LogP contribution in [0.2, 0.25) is 0 Å². The van der Waals surface area contributed by atoms with E-state index in [-0.39, 0.29) is 40.1 Å². The van der Waals surface area contributed by atoms with Crippen molar-refractivity contribution in [2.24, 2.45) is 5.92 Å². The van der Waals surface area contributed by atoms with Gasteiger partial charge >= 0.3 is 0 Å². The number of aryl methyl sites for hydroxylation is 2. The highest BCUT2D eigenvalue weighted by Gasteiger charge is 2.42. The van der Waals surface area contributed by atoms with Crippen LogP contribution in [0.5, 0.6) is 0 Å². The summed E-state index contributed by atoms with van der Waals surface area (Å²) in [6.07, 6.45) is 5.34. The van der Waals surface area contributed by atoms with Crippen molar-refractivity contribution < 1.29 is 18.7 Å². The number of fused-ring (bicyclic) bond motifs is 1. The molecule has 30 heavy (non-hydrogen) atoms. The predicted octanol–water partition coefficient (Wildman–Crippen LogP) is 1.47. The number of furan rings is 1. The smallest absolute Gasteiger partial charge is 0.265 e. The number of piperidine rings is 1. The Kier molecular flexibility index (Phi) is 6.01. The normalized spacial score (nSPS) is 19.2. The standard InChI is InChI=1S/C21H28N4O5/c1-13-16(17-18(30-13)23-12-24(20(17)27)9-4-10-29-2)21(28)25(15-6-7-15)19(26)14-5-3-8-22-11-14/h12,14-15,22H,3-11H2,1-2H3. The molecule has 0 bridgehead atoms. The number of hydrogen-bond acceptors (Lipinski definition) is 7. The van der Waals surface area contributed by atoms with Crippen LogP contribution in [0, 0.1) is 12.8 Å². The van der Waals surface area contributed by atoms with Gasteiger partial charge in [-0.1, -0.05) is 0 Å². The Bertz CT molecular complexity index is 1000. The number of imide groups is 1. The van der Waals surface area contributed by atoms with E-state index in [1.165, 1.54) is 15.8 Å². The van der Waals surface area contributed by atoms with Crippen LogP contribution in [-0.4, -0.2) is 59.1 Å². The highest BCUT2D eigenvalue weighted by atomic mass is 16.5. The van der Waals surface area contributed by atoms with Crippen LogP contribution in [0.15, 0.2) is 15.5 Å². The summed E-state index contributed by atoms with van der Waals surface area (Å²) in [5.41, 5.74) is -0.0437. The first-order chi connectivity index (χ1) is 14.5. The number of carbonyl (C=O) groups excluding carboxylic acids is 2. The number of ether oxygens (including phenoxy) is 1. The average Bonchev–Trinajstić information content (AvgIpc) is 3.51. The highest BCUT2D eigenvalue weighted by molar-refractivity contribution is 6.12. The Morgan fingerprint density at radius 2 is 2.17 bits per heavy atom. The Morgan fingerprint density at radius 1 is 1.37 bits per heavy atom. The van der Waals surface area contributed by atoms with Crippen molar-refractivity contribution in [2.45, 2.75) is 51.6 Å². The maximum absolute atomic E-state index is 13.6. The molecule has 1 atom stereocenters. The molecule has 0 radical (unpaired) electrons. The van der Waals surface area contributed by atoms with E-state index in [1.807, 2.05) is 0 Å². The molecule has 2 aromatic rings. The van der Waals surface area contributed by atoms with Gasteiger partial charge in [0.25, 0.3) is 11.5 Å². The van der Waals surface area contributed by atoms with E-state index >= 15 is 0 Å². The number of methoxy groups -OCH3 is 1. The third-order valence-corrected chi connectivity index (χ3v) is 5.83. The number of nitrogens with zero attached hydrogens (tertiary/aromatic N) is 3. The molecule has 4 rings (SSSR count). The second kappa shape index (κ2) is 8.69. The van der Waals surface area contributed by atoms with Gasteiger partial charge < -0.3 is 14.5 Å². The summed E-state index contributed by atoms with van der Waals surface area (Å²) >= 11 is 0. The molecule has 1 N–H and O–H groups in total. The van der Waals surface area contributed by atoms with Gasteiger partial charge in [-0.2, -0.15) is 0 Å². The number of nitrogens with one attached hydrogen (secondary N) is 1. The van der Waals surface area contributed by atoms with E-state index in [4.69, 9.17) is 9.15 Å². The summed E-state index contributed by atoms with van der Waals surface area (Å²) in [6, 6.07) is -0.100. The van der Waals surface area contributed by atoms with Gasteiger partial charge in [0.1, 0.15) is 17.5 Å². The minimum Gasteiger partial charge on any atom is -0.442 e. The van der Waals surface area contributed by atoms with Gasteiger partial charge in [0.15, 0.2) is 0 Å². The minimum atomic E-state index is -0.446. The van der Waals surface area contributed by atoms with E-state index in [2.05, 4.69) is 10.3 Å². The third kappa shape index (κ3) is 3.91. The van der Waals surface area contributed by atoms with Crippen molar-refractivity contribution in [1.29, 1.82) is 0 Å². The maximum atomic E-state index is 13.6. The molecule has 1 saturated carbocycles. The first-order valence-electron chi connectivity index (χ1n) is 10.6. The predicted molar refractivity (Wildman–Crippen MR) is 109 cm³/mol. The second-order valence-electron chi connectivity index (χ2n) is 8.09. The molecule has 9 nitrogen and oxygen atoms in total. The average molecular weight is 416 g/mol. The van der Waals surface area contributed by atoms with Crippen molar-refractivity contribution in [2.75, 3.05) is 26.8 Å². The highest BCUT2D eigenvalue weighted by Crippen LogP contribution is 2.33. The lowest BCUT2D eigenvalue weighted by Gasteiger charge is -2.28. The molecule has 0 spiro atoms. The number of carbonyl (C=O) groups is 2. The van der Waals surface area contributed by atoms with Gasteiger partial charge in [-0.25, -0.2) is 4.98 Å². The number of hydrogen-bond donors (Lipinski definition) is 1. The molecule has 9 heteroatoms. The SMILES string of the molecule is COCCCn1cnc2oc(C)c(C(=O)N(C(=O)C3CCCNC3)C3CC3)c2c1=O.